The van der Waals surface area contributed by atoms with Gasteiger partial charge in [-0.1, -0.05) is 100 Å². The number of alkyl halides is 1. The normalized spacial score (nSPS) is 16.4. The van der Waals surface area contributed by atoms with Gasteiger partial charge in [0.1, 0.15) is 43.7 Å². The zero-order chi connectivity index (χ0) is 41.2. The summed E-state index contributed by atoms with van der Waals surface area (Å²) in [5.41, 5.74) is 7.19. The lowest BCUT2D eigenvalue weighted by Gasteiger charge is -2.10. The van der Waals surface area contributed by atoms with Gasteiger partial charge in [0.25, 0.3) is 10.5 Å². The summed E-state index contributed by atoms with van der Waals surface area (Å²) in [6.07, 6.45) is 6.59. The van der Waals surface area contributed by atoms with Crippen molar-refractivity contribution in [3.63, 3.8) is 0 Å². The summed E-state index contributed by atoms with van der Waals surface area (Å²) >= 11 is 5.37. The number of aromatic hydroxyl groups is 1. The predicted molar refractivity (Wildman–Crippen MR) is 225 cm³/mol. The number of hydrogen-bond acceptors (Lipinski definition) is 14. The number of hydrogen-bond donors (Lipinski definition) is 3. The van der Waals surface area contributed by atoms with Crippen molar-refractivity contribution in [1.29, 1.82) is 0 Å². The van der Waals surface area contributed by atoms with E-state index in [1.54, 1.807) is 24.3 Å². The summed E-state index contributed by atoms with van der Waals surface area (Å²) in [7, 11) is 3.01. The van der Waals surface area contributed by atoms with Gasteiger partial charge in [-0.3, -0.25) is 39.8 Å². The molecule has 2 aliphatic heterocycles. The number of carbonyl (C=O) groups excluding carboxylic acids is 4. The summed E-state index contributed by atoms with van der Waals surface area (Å²) in [6.45, 7) is 4.38. The van der Waals surface area contributed by atoms with Crippen LogP contribution in [0.3, 0.4) is 0 Å². The van der Waals surface area contributed by atoms with Crippen LogP contribution in [0.5, 0.6) is 11.5 Å². The Hall–Kier alpha value is -5.26. The fourth-order valence-corrected chi connectivity index (χ4v) is 7.21. The molecule has 17 heteroatoms. The Labute approximate surface area is 347 Å². The maximum atomic E-state index is 11.7. The van der Waals surface area contributed by atoms with Crippen molar-refractivity contribution in [2.75, 3.05) is 26.2 Å². The van der Waals surface area contributed by atoms with E-state index >= 15 is 0 Å². The van der Waals surface area contributed by atoms with Crippen molar-refractivity contribution < 1.29 is 38.7 Å². The molecule has 2 unspecified atom stereocenters. The first-order chi connectivity index (χ1) is 27.5. The molecule has 3 N–H and O–H groups in total. The molecule has 2 fully saturated rings. The highest BCUT2D eigenvalue weighted by atomic mass is 79.9. The van der Waals surface area contributed by atoms with Crippen LogP contribution < -0.4 is 15.4 Å². The van der Waals surface area contributed by atoms with Crippen LogP contribution in [-0.4, -0.2) is 85.4 Å². The number of oxime groups is 2. The number of carbonyl (C=O) groups is 4. The topological polar surface area (TPSA) is 191 Å². The largest absolute Gasteiger partial charge is 0.508 e. The lowest BCUT2D eigenvalue weighted by atomic mass is 10.1. The molecule has 4 aromatic rings. The number of pyridine rings is 2. The molecule has 2 atom stereocenters. The molecule has 0 radical (unpaired) electrons. The standard InChI is InChI=1S/C20H21N3O4S.C10H13BrN2O.C10H9NO3S/c1-3-13-6-9-16(21-11-13)17(23-26-2)12-27-15-7-4-14(5-8-15)10-18-19(24)22-20(25)28-18;1-3-8-4-5-9(12-7-8)10(6-11)13-14-2;12-7-3-1-6(2-4-7)5-8-9(13)11-10(14)15-8/h4-9,11,18H,3,10,12H2,1-2H3,(H,22,24,25);4-5,7H,3,6H2,1-2H3;1-4,8,12H,5H2,(H,11,13,14). The molecular weight excluding hydrogens is 837 g/mol. The van der Waals surface area contributed by atoms with Gasteiger partial charge in [-0.15, -0.1) is 0 Å². The van der Waals surface area contributed by atoms with E-state index in [9.17, 15) is 19.2 Å². The van der Waals surface area contributed by atoms with Crippen LogP contribution in [0, 0.1) is 0 Å². The van der Waals surface area contributed by atoms with Crippen LogP contribution in [0.4, 0.5) is 9.59 Å². The second-order valence-corrected chi connectivity index (χ2v) is 15.1. The molecule has 2 aromatic heterocycles. The minimum absolute atomic E-state index is 0.193. The van der Waals surface area contributed by atoms with E-state index in [4.69, 9.17) is 19.5 Å². The Morgan fingerprint density at radius 2 is 1.12 bits per heavy atom. The monoisotopic (exact) mass is 878 g/mol. The van der Waals surface area contributed by atoms with Gasteiger partial charge < -0.3 is 19.5 Å². The summed E-state index contributed by atoms with van der Waals surface area (Å²) in [5, 5.41) is 20.8. The van der Waals surface area contributed by atoms with E-state index in [-0.39, 0.29) is 45.1 Å². The van der Waals surface area contributed by atoms with Crippen molar-refractivity contribution in [3.8, 4) is 11.5 Å². The highest BCUT2D eigenvalue weighted by Gasteiger charge is 2.32. The van der Waals surface area contributed by atoms with Gasteiger partial charge in [0, 0.05) is 12.4 Å². The van der Waals surface area contributed by atoms with E-state index in [1.807, 2.05) is 54.9 Å². The van der Waals surface area contributed by atoms with E-state index < -0.39 is 0 Å². The van der Waals surface area contributed by atoms with Crippen LogP contribution in [0.25, 0.3) is 0 Å². The van der Waals surface area contributed by atoms with Crippen LogP contribution in [0.15, 0.2) is 95.5 Å². The number of aromatic nitrogens is 2. The number of halogens is 1. The minimum Gasteiger partial charge on any atom is -0.508 e. The fraction of sp³-hybridized carbons (Fsp3) is 0.300. The average Bonchev–Trinajstić information content (AvgIpc) is 3.73. The smallest absolute Gasteiger partial charge is 0.286 e. The van der Waals surface area contributed by atoms with Gasteiger partial charge in [0.05, 0.1) is 27.2 Å². The van der Waals surface area contributed by atoms with Crippen LogP contribution in [0.2, 0.25) is 0 Å². The van der Waals surface area contributed by atoms with Crippen LogP contribution >= 0.6 is 39.5 Å². The Morgan fingerprint density at radius 3 is 1.51 bits per heavy atom. The number of thioether (sulfide) groups is 2. The summed E-state index contributed by atoms with van der Waals surface area (Å²) in [4.78, 5) is 63.4. The first-order valence-electron chi connectivity index (χ1n) is 17.7. The predicted octanol–water partition coefficient (Wildman–Crippen LogP) is 6.64. The van der Waals surface area contributed by atoms with Crippen LogP contribution in [0.1, 0.15) is 47.5 Å². The van der Waals surface area contributed by atoms with Crippen molar-refractivity contribution >= 4 is 73.2 Å². The van der Waals surface area contributed by atoms with E-state index in [0.717, 1.165) is 64.5 Å². The number of nitrogens with one attached hydrogen (secondary N) is 2. The Morgan fingerprint density at radius 1 is 0.684 bits per heavy atom. The molecule has 0 saturated carbocycles. The molecular formula is C40H43BrN6O8S2. The van der Waals surface area contributed by atoms with Gasteiger partial charge in [-0.05, 0) is 84.3 Å². The maximum absolute atomic E-state index is 11.7. The molecule has 4 amide bonds. The summed E-state index contributed by atoms with van der Waals surface area (Å²) < 4.78 is 5.81. The number of nitrogens with zero attached hydrogens (tertiary/aromatic N) is 4. The third-order valence-corrected chi connectivity index (χ3v) is 10.7. The van der Waals surface area contributed by atoms with E-state index in [0.29, 0.717) is 35.3 Å². The molecule has 14 nitrogen and oxygen atoms in total. The highest BCUT2D eigenvalue weighted by molar-refractivity contribution is 9.09. The molecule has 4 heterocycles. The highest BCUT2D eigenvalue weighted by Crippen LogP contribution is 2.25. The SMILES string of the molecule is CCc1ccc(C(CBr)=NOC)nc1.CCc1ccc(C(COc2ccc(CC3SC(=O)NC3=O)cc2)=NOC)nc1.O=C1NC(=O)C(Cc2ccc(O)cc2)S1. The molecule has 2 aromatic carbocycles. The lowest BCUT2D eigenvalue weighted by molar-refractivity contribution is -0.119. The number of benzene rings is 2. The Kier molecular flexibility index (Phi) is 18.0. The number of amides is 4. The summed E-state index contributed by atoms with van der Waals surface area (Å²) in [5.74, 6) is 0.381. The first-order valence-corrected chi connectivity index (χ1v) is 20.6. The first kappa shape index (κ1) is 44.5. The van der Waals surface area contributed by atoms with Gasteiger partial charge in [-0.2, -0.15) is 0 Å². The molecule has 0 bridgehead atoms. The van der Waals surface area contributed by atoms with Crippen molar-refractivity contribution in [3.05, 3.63) is 119 Å². The molecule has 0 aliphatic carbocycles. The van der Waals surface area contributed by atoms with E-state index in [2.05, 4.69) is 66.8 Å². The number of ether oxygens (including phenoxy) is 1. The molecule has 6 rings (SSSR count). The van der Waals surface area contributed by atoms with Gasteiger partial charge in [-0.25, -0.2) is 0 Å². The maximum Gasteiger partial charge on any atom is 0.286 e. The lowest BCUT2D eigenvalue weighted by Crippen LogP contribution is -2.25. The third-order valence-electron chi connectivity index (χ3n) is 8.20. The van der Waals surface area contributed by atoms with Gasteiger partial charge >= 0.3 is 0 Å². The fourth-order valence-electron chi connectivity index (χ4n) is 5.10. The van der Waals surface area contributed by atoms with Crippen molar-refractivity contribution in [1.82, 2.24) is 20.6 Å². The quantitative estimate of drug-likeness (QED) is 0.0696. The molecule has 0 spiro atoms. The van der Waals surface area contributed by atoms with Crippen LogP contribution in [-0.2, 0) is 44.9 Å². The number of aryl methyl sites for hydroxylation is 2. The molecule has 57 heavy (non-hydrogen) atoms. The minimum atomic E-state index is -0.378. The molecule has 2 aliphatic rings. The zero-order valence-corrected chi connectivity index (χ0v) is 35.0. The van der Waals surface area contributed by atoms with E-state index in [1.165, 1.54) is 19.8 Å². The van der Waals surface area contributed by atoms with Crippen molar-refractivity contribution in [2.24, 2.45) is 10.3 Å². The number of rotatable bonds is 14. The average molecular weight is 880 g/mol. The molecule has 2 saturated heterocycles. The molecule has 300 valence electrons. The Balaban J connectivity index is 0.000000209. The number of phenols is 1. The van der Waals surface area contributed by atoms with Crippen molar-refractivity contribution in [2.45, 2.75) is 50.0 Å². The summed E-state index contributed by atoms with van der Waals surface area (Å²) in [6, 6.07) is 21.9. The van der Waals surface area contributed by atoms with Gasteiger partial charge in [0.2, 0.25) is 11.8 Å². The second-order valence-electron chi connectivity index (χ2n) is 12.2. The Bertz CT molecular complexity index is 2020. The number of imide groups is 2. The third kappa shape index (κ3) is 14.3. The second kappa shape index (κ2) is 23.1. The number of phenolic OH excluding ortho intramolecular Hbond substituents is 1. The zero-order valence-electron chi connectivity index (χ0n) is 31.8. The van der Waals surface area contributed by atoms with Gasteiger partial charge in [0.15, 0.2) is 0 Å².